The van der Waals surface area contributed by atoms with Gasteiger partial charge >= 0.3 is 0 Å². The minimum absolute atomic E-state index is 0.0345. The van der Waals surface area contributed by atoms with Crippen LogP contribution >= 0.6 is 15.9 Å². The molecule has 0 heterocycles. The quantitative estimate of drug-likeness (QED) is 0.746. The molecule has 0 bridgehead atoms. The molecule has 0 radical (unpaired) electrons. The van der Waals surface area contributed by atoms with E-state index in [1.807, 2.05) is 6.92 Å². The maximum atomic E-state index is 12.7. The lowest BCUT2D eigenvalue weighted by Crippen LogP contribution is -2.14. The summed E-state index contributed by atoms with van der Waals surface area (Å²) >= 11 is 3.27. The van der Waals surface area contributed by atoms with Crippen molar-refractivity contribution in [2.75, 3.05) is 25.5 Å². The summed E-state index contributed by atoms with van der Waals surface area (Å²) in [4.78, 5) is 0.0345. The number of hydrogen-bond acceptors (Lipinski definition) is 5. The maximum Gasteiger partial charge on any atom is 0.265 e. The van der Waals surface area contributed by atoms with Crippen molar-refractivity contribution >= 4 is 31.6 Å². The Morgan fingerprint density at radius 2 is 1.67 bits per heavy atom. The molecule has 2 rings (SSSR count). The normalized spacial score (nSPS) is 11.0. The number of ether oxygens (including phenoxy) is 3. The van der Waals surface area contributed by atoms with E-state index >= 15 is 0 Å². The number of benzene rings is 2. The van der Waals surface area contributed by atoms with Crippen LogP contribution in [0.5, 0.6) is 17.2 Å². The molecule has 0 atom stereocenters. The van der Waals surface area contributed by atoms with Crippen LogP contribution in [0.25, 0.3) is 0 Å². The highest BCUT2D eigenvalue weighted by Gasteiger charge is 2.21. The van der Waals surface area contributed by atoms with Gasteiger partial charge in [-0.1, -0.05) is 15.9 Å². The number of rotatable bonds is 7. The Labute approximate surface area is 149 Å². The first-order chi connectivity index (χ1) is 11.4. The van der Waals surface area contributed by atoms with Gasteiger partial charge in [-0.2, -0.15) is 0 Å². The molecule has 8 heteroatoms. The van der Waals surface area contributed by atoms with Crippen LogP contribution in [0.1, 0.15) is 6.92 Å². The SMILES string of the molecule is CCOc1ccc(NS(=O)(=O)c2cc(Br)ccc2OC)cc1OC. The zero-order valence-electron chi connectivity index (χ0n) is 13.5. The molecule has 1 N–H and O–H groups in total. The molecule has 2 aromatic carbocycles. The Morgan fingerprint density at radius 3 is 2.29 bits per heavy atom. The largest absolute Gasteiger partial charge is 0.495 e. The van der Waals surface area contributed by atoms with E-state index in [0.717, 1.165) is 0 Å². The van der Waals surface area contributed by atoms with Gasteiger partial charge in [0.1, 0.15) is 10.6 Å². The minimum Gasteiger partial charge on any atom is -0.495 e. The molecule has 0 saturated carbocycles. The Balaban J connectivity index is 2.38. The van der Waals surface area contributed by atoms with Crippen molar-refractivity contribution in [2.45, 2.75) is 11.8 Å². The molecule has 0 saturated heterocycles. The predicted molar refractivity (Wildman–Crippen MR) is 95.7 cm³/mol. The molecule has 6 nitrogen and oxygen atoms in total. The molecule has 0 aliphatic rings. The van der Waals surface area contributed by atoms with E-state index in [0.29, 0.717) is 28.3 Å². The fraction of sp³-hybridized carbons (Fsp3) is 0.250. The fourth-order valence-corrected chi connectivity index (χ4v) is 3.83. The summed E-state index contributed by atoms with van der Waals surface area (Å²) in [5.41, 5.74) is 0.359. The van der Waals surface area contributed by atoms with Crippen LogP contribution in [0.4, 0.5) is 5.69 Å². The summed E-state index contributed by atoms with van der Waals surface area (Å²) in [7, 11) is -0.918. The third-order valence-corrected chi connectivity index (χ3v) is 5.03. The van der Waals surface area contributed by atoms with Crippen LogP contribution in [-0.4, -0.2) is 29.2 Å². The van der Waals surface area contributed by atoms with Crippen molar-refractivity contribution in [3.05, 3.63) is 40.9 Å². The van der Waals surface area contributed by atoms with Gasteiger partial charge in [0, 0.05) is 10.5 Å². The van der Waals surface area contributed by atoms with Gasteiger partial charge < -0.3 is 14.2 Å². The maximum absolute atomic E-state index is 12.7. The van der Waals surface area contributed by atoms with Gasteiger partial charge in [-0.25, -0.2) is 8.42 Å². The lowest BCUT2D eigenvalue weighted by atomic mass is 10.3. The average molecular weight is 416 g/mol. The zero-order chi connectivity index (χ0) is 17.7. The van der Waals surface area contributed by atoms with Crippen LogP contribution in [-0.2, 0) is 10.0 Å². The third kappa shape index (κ3) is 4.12. The van der Waals surface area contributed by atoms with Gasteiger partial charge in [0.25, 0.3) is 10.0 Å². The smallest absolute Gasteiger partial charge is 0.265 e. The van der Waals surface area contributed by atoms with Gasteiger partial charge in [-0.3, -0.25) is 4.72 Å². The van der Waals surface area contributed by atoms with Gasteiger partial charge in [-0.15, -0.1) is 0 Å². The lowest BCUT2D eigenvalue weighted by molar-refractivity contribution is 0.311. The molecule has 0 aliphatic carbocycles. The molecule has 0 fully saturated rings. The number of sulfonamides is 1. The molecule has 0 unspecified atom stereocenters. The Kier molecular flexibility index (Phi) is 5.95. The zero-order valence-corrected chi connectivity index (χ0v) is 15.9. The van der Waals surface area contributed by atoms with Crippen LogP contribution in [0, 0.1) is 0 Å². The highest BCUT2D eigenvalue weighted by molar-refractivity contribution is 9.10. The summed E-state index contributed by atoms with van der Waals surface area (Å²) in [6.07, 6.45) is 0. The minimum atomic E-state index is -3.83. The van der Waals surface area contributed by atoms with E-state index in [9.17, 15) is 8.42 Å². The highest BCUT2D eigenvalue weighted by atomic mass is 79.9. The second-order valence-corrected chi connectivity index (χ2v) is 7.27. The summed E-state index contributed by atoms with van der Waals surface area (Å²) < 4.78 is 44.3. The van der Waals surface area contributed by atoms with Crippen molar-refractivity contribution in [2.24, 2.45) is 0 Å². The topological polar surface area (TPSA) is 73.9 Å². The molecule has 0 spiro atoms. The van der Waals surface area contributed by atoms with E-state index in [1.54, 1.807) is 30.3 Å². The summed E-state index contributed by atoms with van der Waals surface area (Å²) in [6, 6.07) is 9.59. The molecular weight excluding hydrogens is 398 g/mol. The summed E-state index contributed by atoms with van der Waals surface area (Å²) in [5, 5.41) is 0. The van der Waals surface area contributed by atoms with Crippen LogP contribution in [0.3, 0.4) is 0 Å². The van der Waals surface area contributed by atoms with Crippen molar-refractivity contribution in [3.63, 3.8) is 0 Å². The van der Waals surface area contributed by atoms with Gasteiger partial charge in [0.05, 0.1) is 26.5 Å². The fourth-order valence-electron chi connectivity index (χ4n) is 2.08. The number of halogens is 1. The van der Waals surface area contributed by atoms with Gasteiger partial charge in [0.15, 0.2) is 11.5 Å². The molecule has 0 aromatic heterocycles. The van der Waals surface area contributed by atoms with E-state index in [1.165, 1.54) is 20.3 Å². The Hall–Kier alpha value is -1.93. The molecule has 2 aromatic rings. The van der Waals surface area contributed by atoms with Crippen LogP contribution < -0.4 is 18.9 Å². The summed E-state index contributed by atoms with van der Waals surface area (Å²) in [6.45, 7) is 2.34. The van der Waals surface area contributed by atoms with E-state index in [-0.39, 0.29) is 10.6 Å². The third-order valence-electron chi connectivity index (χ3n) is 3.13. The average Bonchev–Trinajstić information content (AvgIpc) is 2.56. The first kappa shape index (κ1) is 18.4. The second kappa shape index (κ2) is 7.76. The van der Waals surface area contributed by atoms with E-state index in [2.05, 4.69) is 20.7 Å². The molecule has 0 aliphatic heterocycles. The number of hydrogen-bond donors (Lipinski definition) is 1. The highest BCUT2D eigenvalue weighted by Crippen LogP contribution is 2.33. The van der Waals surface area contributed by atoms with Gasteiger partial charge in [-0.05, 0) is 37.3 Å². The predicted octanol–water partition coefficient (Wildman–Crippen LogP) is 3.67. The van der Waals surface area contributed by atoms with Crippen molar-refractivity contribution in [1.29, 1.82) is 0 Å². The lowest BCUT2D eigenvalue weighted by Gasteiger charge is -2.14. The first-order valence-electron chi connectivity index (χ1n) is 7.08. The Morgan fingerprint density at radius 1 is 1.00 bits per heavy atom. The van der Waals surface area contributed by atoms with Crippen molar-refractivity contribution in [3.8, 4) is 17.2 Å². The van der Waals surface area contributed by atoms with Crippen molar-refractivity contribution in [1.82, 2.24) is 0 Å². The van der Waals surface area contributed by atoms with Crippen molar-refractivity contribution < 1.29 is 22.6 Å². The second-order valence-electron chi connectivity index (χ2n) is 4.70. The van der Waals surface area contributed by atoms with Crippen LogP contribution in [0.2, 0.25) is 0 Å². The molecule has 0 amide bonds. The molecular formula is C16H18BrNO5S. The molecule has 130 valence electrons. The number of methoxy groups -OCH3 is 2. The van der Waals surface area contributed by atoms with Gasteiger partial charge in [0.2, 0.25) is 0 Å². The van der Waals surface area contributed by atoms with E-state index < -0.39 is 10.0 Å². The summed E-state index contributed by atoms with van der Waals surface area (Å²) in [5.74, 6) is 1.24. The van der Waals surface area contributed by atoms with E-state index in [4.69, 9.17) is 14.2 Å². The van der Waals surface area contributed by atoms with Crippen LogP contribution in [0.15, 0.2) is 45.8 Å². The standard InChI is InChI=1S/C16H18BrNO5S/c1-4-23-13-8-6-12(10-15(13)22-3)18-24(19,20)16-9-11(17)5-7-14(16)21-2/h5-10,18H,4H2,1-3H3. The number of nitrogens with one attached hydrogen (secondary N) is 1. The monoisotopic (exact) mass is 415 g/mol. The number of anilines is 1. The molecule has 24 heavy (non-hydrogen) atoms. The first-order valence-corrected chi connectivity index (χ1v) is 9.36. The Bertz CT molecular complexity index is 823.